The Morgan fingerprint density at radius 2 is 2.00 bits per heavy atom. The van der Waals surface area contributed by atoms with E-state index >= 15 is 0 Å². The van der Waals surface area contributed by atoms with Crippen LogP contribution in [-0.4, -0.2) is 28.5 Å². The normalized spacial score (nSPS) is 23.3. The van der Waals surface area contributed by atoms with Gasteiger partial charge in [0, 0.05) is 5.75 Å². The van der Waals surface area contributed by atoms with Gasteiger partial charge in [0.25, 0.3) is 0 Å². The Balaban J connectivity index is 1.96. The Labute approximate surface area is 117 Å². The number of ether oxygens (including phenoxy) is 1. The van der Waals surface area contributed by atoms with Crippen molar-refractivity contribution in [2.75, 3.05) is 5.75 Å². The fraction of sp³-hybridized carbons (Fsp3) is 0.500. The number of thioether (sulfide) groups is 1. The first-order chi connectivity index (χ1) is 8.85. The summed E-state index contributed by atoms with van der Waals surface area (Å²) in [5.41, 5.74) is 0.592. The van der Waals surface area contributed by atoms with Crippen molar-refractivity contribution in [2.24, 2.45) is 0 Å². The van der Waals surface area contributed by atoms with E-state index in [0.717, 1.165) is 5.56 Å². The van der Waals surface area contributed by atoms with Crippen LogP contribution in [-0.2, 0) is 9.53 Å². The van der Waals surface area contributed by atoms with Gasteiger partial charge in [0.05, 0.1) is 5.37 Å². The molecule has 19 heavy (non-hydrogen) atoms. The van der Waals surface area contributed by atoms with Crippen molar-refractivity contribution in [1.29, 1.82) is 0 Å². The lowest BCUT2D eigenvalue weighted by Gasteiger charge is -2.22. The number of nitrogens with one attached hydrogen (secondary N) is 1. The summed E-state index contributed by atoms with van der Waals surface area (Å²) in [5.74, 6) is 0.734. The SMILES string of the molecule is CC(C)(C)OC(=O)C1CSC(c2ccc(O)cc2)N1. The molecule has 0 bridgehead atoms. The lowest BCUT2D eigenvalue weighted by Crippen LogP contribution is -2.39. The highest BCUT2D eigenvalue weighted by Gasteiger charge is 2.33. The third-order valence-corrected chi connectivity index (χ3v) is 3.94. The van der Waals surface area contributed by atoms with Crippen molar-refractivity contribution >= 4 is 17.7 Å². The number of phenolic OH excluding ortho intramolecular Hbond substituents is 1. The molecule has 0 saturated carbocycles. The van der Waals surface area contributed by atoms with Crippen LogP contribution in [0.4, 0.5) is 0 Å². The van der Waals surface area contributed by atoms with Gasteiger partial charge in [-0.1, -0.05) is 12.1 Å². The maximum absolute atomic E-state index is 12.0. The Bertz CT molecular complexity index is 453. The average molecular weight is 281 g/mol. The summed E-state index contributed by atoms with van der Waals surface area (Å²) in [6.07, 6.45) is 0. The number of esters is 1. The molecule has 0 amide bonds. The monoisotopic (exact) mass is 281 g/mol. The second-order valence-corrected chi connectivity index (χ2v) is 6.70. The van der Waals surface area contributed by atoms with Crippen LogP contribution in [0.5, 0.6) is 5.75 Å². The first kappa shape index (κ1) is 14.2. The van der Waals surface area contributed by atoms with Crippen molar-refractivity contribution in [3.05, 3.63) is 29.8 Å². The van der Waals surface area contributed by atoms with Gasteiger partial charge in [-0.2, -0.15) is 0 Å². The summed E-state index contributed by atoms with van der Waals surface area (Å²) in [6, 6.07) is 6.74. The Hall–Kier alpha value is -1.20. The van der Waals surface area contributed by atoms with E-state index in [1.54, 1.807) is 23.9 Å². The lowest BCUT2D eigenvalue weighted by atomic mass is 10.2. The van der Waals surface area contributed by atoms with Gasteiger partial charge in [-0.3, -0.25) is 10.1 Å². The predicted octanol–water partition coefficient (Wildman–Crippen LogP) is 2.44. The molecule has 4 nitrogen and oxygen atoms in total. The molecule has 0 aromatic heterocycles. The summed E-state index contributed by atoms with van der Waals surface area (Å²) in [7, 11) is 0. The van der Waals surface area contributed by atoms with Crippen LogP contribution in [0.15, 0.2) is 24.3 Å². The minimum atomic E-state index is -0.458. The molecule has 1 heterocycles. The molecule has 2 rings (SSSR count). The van der Waals surface area contributed by atoms with Crippen molar-refractivity contribution in [1.82, 2.24) is 5.32 Å². The molecule has 1 fully saturated rings. The first-order valence-corrected chi connectivity index (χ1v) is 7.29. The van der Waals surface area contributed by atoms with E-state index in [0.29, 0.717) is 5.75 Å². The van der Waals surface area contributed by atoms with E-state index in [1.807, 2.05) is 32.9 Å². The fourth-order valence-corrected chi connectivity index (χ4v) is 3.05. The first-order valence-electron chi connectivity index (χ1n) is 6.24. The molecule has 1 saturated heterocycles. The third-order valence-electron chi connectivity index (χ3n) is 2.67. The van der Waals surface area contributed by atoms with E-state index in [2.05, 4.69) is 5.32 Å². The molecule has 0 radical (unpaired) electrons. The van der Waals surface area contributed by atoms with E-state index in [-0.39, 0.29) is 23.1 Å². The van der Waals surface area contributed by atoms with Crippen molar-refractivity contribution < 1.29 is 14.6 Å². The quantitative estimate of drug-likeness (QED) is 0.815. The molecule has 0 spiro atoms. The van der Waals surface area contributed by atoms with Crippen LogP contribution in [0.1, 0.15) is 31.7 Å². The minimum Gasteiger partial charge on any atom is -0.508 e. The summed E-state index contributed by atoms with van der Waals surface area (Å²) < 4.78 is 5.37. The largest absolute Gasteiger partial charge is 0.508 e. The number of aromatic hydroxyl groups is 1. The van der Waals surface area contributed by atoms with Crippen LogP contribution >= 0.6 is 11.8 Å². The number of phenols is 1. The highest BCUT2D eigenvalue weighted by Crippen LogP contribution is 2.34. The van der Waals surface area contributed by atoms with Crippen molar-refractivity contribution in [2.45, 2.75) is 37.8 Å². The van der Waals surface area contributed by atoms with E-state index in [1.165, 1.54) is 0 Å². The molecule has 0 aliphatic carbocycles. The van der Waals surface area contributed by atoms with Crippen LogP contribution in [0.2, 0.25) is 0 Å². The standard InChI is InChI=1S/C14H19NO3S/c1-14(2,3)18-13(17)11-8-19-12(15-11)9-4-6-10(16)7-5-9/h4-7,11-12,15-16H,8H2,1-3H3. The van der Waals surface area contributed by atoms with Crippen LogP contribution in [0, 0.1) is 0 Å². The third kappa shape index (κ3) is 3.88. The number of carbonyl (C=O) groups excluding carboxylic acids is 1. The van der Waals surface area contributed by atoms with E-state index < -0.39 is 5.60 Å². The zero-order chi connectivity index (χ0) is 14.0. The molecule has 1 aromatic rings. The fourth-order valence-electron chi connectivity index (χ4n) is 1.82. The van der Waals surface area contributed by atoms with Crippen molar-refractivity contribution in [3.63, 3.8) is 0 Å². The average Bonchev–Trinajstić information content (AvgIpc) is 2.77. The number of hydrogen-bond donors (Lipinski definition) is 2. The van der Waals surface area contributed by atoms with Crippen molar-refractivity contribution in [3.8, 4) is 5.75 Å². The van der Waals surface area contributed by atoms with Crippen LogP contribution < -0.4 is 5.32 Å². The summed E-state index contributed by atoms with van der Waals surface area (Å²) >= 11 is 1.67. The maximum atomic E-state index is 12.0. The zero-order valence-corrected chi connectivity index (χ0v) is 12.2. The molecule has 1 aromatic carbocycles. The predicted molar refractivity (Wildman–Crippen MR) is 76.1 cm³/mol. The molecule has 2 unspecified atom stereocenters. The molecule has 1 aliphatic rings. The van der Waals surface area contributed by atoms with Crippen LogP contribution in [0.3, 0.4) is 0 Å². The zero-order valence-electron chi connectivity index (χ0n) is 11.3. The lowest BCUT2D eigenvalue weighted by molar-refractivity contribution is -0.156. The topological polar surface area (TPSA) is 58.6 Å². The minimum absolute atomic E-state index is 0.0677. The van der Waals surface area contributed by atoms with Gasteiger partial charge < -0.3 is 9.84 Å². The Morgan fingerprint density at radius 1 is 1.37 bits per heavy atom. The van der Waals surface area contributed by atoms with Crippen LogP contribution in [0.25, 0.3) is 0 Å². The summed E-state index contributed by atoms with van der Waals surface area (Å²) in [4.78, 5) is 12.0. The number of hydrogen-bond acceptors (Lipinski definition) is 5. The van der Waals surface area contributed by atoms with Gasteiger partial charge >= 0.3 is 5.97 Å². The van der Waals surface area contributed by atoms with Gasteiger partial charge in [0.15, 0.2) is 0 Å². The Morgan fingerprint density at radius 3 is 2.58 bits per heavy atom. The van der Waals surface area contributed by atoms with Gasteiger partial charge in [-0.15, -0.1) is 11.8 Å². The number of benzene rings is 1. The highest BCUT2D eigenvalue weighted by atomic mass is 32.2. The number of carbonyl (C=O) groups is 1. The van der Waals surface area contributed by atoms with E-state index in [9.17, 15) is 9.90 Å². The molecular formula is C14H19NO3S. The van der Waals surface area contributed by atoms with Gasteiger partial charge in [0.1, 0.15) is 17.4 Å². The maximum Gasteiger partial charge on any atom is 0.324 e. The molecule has 2 N–H and O–H groups in total. The second kappa shape index (κ2) is 5.43. The van der Waals surface area contributed by atoms with Gasteiger partial charge in [0.2, 0.25) is 0 Å². The van der Waals surface area contributed by atoms with Gasteiger partial charge in [-0.05, 0) is 38.5 Å². The molecule has 104 valence electrons. The second-order valence-electron chi connectivity index (χ2n) is 5.56. The summed E-state index contributed by atoms with van der Waals surface area (Å²) in [5, 5.41) is 12.6. The molecule has 2 atom stereocenters. The Kier molecular flexibility index (Phi) is 4.06. The van der Waals surface area contributed by atoms with E-state index in [4.69, 9.17) is 4.74 Å². The molecule has 5 heteroatoms. The molecular weight excluding hydrogens is 262 g/mol. The highest BCUT2D eigenvalue weighted by molar-refractivity contribution is 7.99. The number of rotatable bonds is 2. The van der Waals surface area contributed by atoms with Gasteiger partial charge in [-0.25, -0.2) is 0 Å². The molecule has 1 aliphatic heterocycles. The smallest absolute Gasteiger partial charge is 0.324 e. The summed E-state index contributed by atoms with van der Waals surface area (Å²) in [6.45, 7) is 5.60.